The van der Waals surface area contributed by atoms with Crippen LogP contribution in [0.15, 0.2) is 66.9 Å². The summed E-state index contributed by atoms with van der Waals surface area (Å²) in [5, 5.41) is 5.38. The number of benzene rings is 2. The second-order valence-electron chi connectivity index (χ2n) is 7.36. The zero-order chi connectivity index (χ0) is 22.0. The summed E-state index contributed by atoms with van der Waals surface area (Å²) < 4.78 is 7.20. The highest BCUT2D eigenvalue weighted by molar-refractivity contribution is 6.10. The maximum atomic E-state index is 12.8. The monoisotopic (exact) mass is 413 g/mol. The first-order valence-electron chi connectivity index (χ1n) is 10.1. The number of nitrogens with one attached hydrogen (secondary N) is 1. The van der Waals surface area contributed by atoms with Crippen molar-refractivity contribution in [1.82, 2.24) is 14.8 Å². The third-order valence-corrected chi connectivity index (χ3v) is 5.25. The van der Waals surface area contributed by atoms with E-state index in [9.17, 15) is 9.59 Å². The lowest BCUT2D eigenvalue weighted by Gasteiger charge is -2.10. The Hall–Kier alpha value is -3.93. The van der Waals surface area contributed by atoms with Crippen LogP contribution >= 0.6 is 0 Å². The van der Waals surface area contributed by atoms with E-state index in [2.05, 4.69) is 10.1 Å². The summed E-state index contributed by atoms with van der Waals surface area (Å²) in [6, 6.07) is 17.3. The van der Waals surface area contributed by atoms with Crippen molar-refractivity contribution < 1.29 is 14.3 Å². The molecule has 0 aliphatic rings. The van der Waals surface area contributed by atoms with Crippen LogP contribution in [0.5, 0.6) is 0 Å². The minimum atomic E-state index is -0.898. The first-order valence-corrected chi connectivity index (χ1v) is 10.1. The maximum Gasteiger partial charge on any atom is 0.331 e. The van der Waals surface area contributed by atoms with Gasteiger partial charge in [-0.1, -0.05) is 36.4 Å². The Morgan fingerprint density at radius 1 is 1.06 bits per heavy atom. The second-order valence-corrected chi connectivity index (χ2v) is 7.36. The van der Waals surface area contributed by atoms with Gasteiger partial charge in [-0.05, 0) is 45.0 Å². The van der Waals surface area contributed by atoms with Gasteiger partial charge in [-0.2, -0.15) is 5.10 Å². The molecule has 156 valence electrons. The first kappa shape index (κ1) is 20.3. The van der Waals surface area contributed by atoms with Crippen LogP contribution in [-0.2, 0) is 9.53 Å². The summed E-state index contributed by atoms with van der Waals surface area (Å²) in [4.78, 5) is 28.2. The summed E-state index contributed by atoms with van der Waals surface area (Å²) in [5.74, 6) is -0.824. The van der Waals surface area contributed by atoms with E-state index in [1.54, 1.807) is 19.2 Å². The molecule has 4 aromatic rings. The lowest BCUT2D eigenvalue weighted by Crippen LogP contribution is -2.23. The Morgan fingerprint density at radius 3 is 2.55 bits per heavy atom. The van der Waals surface area contributed by atoms with Gasteiger partial charge in [0.25, 0.3) is 0 Å². The van der Waals surface area contributed by atoms with Crippen LogP contribution in [0, 0.1) is 13.8 Å². The molecule has 0 aliphatic heterocycles. The van der Waals surface area contributed by atoms with E-state index >= 15 is 0 Å². The highest BCUT2D eigenvalue weighted by Crippen LogP contribution is 2.21. The Kier molecular flexibility index (Phi) is 5.54. The van der Waals surface area contributed by atoms with E-state index < -0.39 is 12.1 Å². The average Bonchev–Trinajstić information content (AvgIpc) is 3.33. The number of ketones is 1. The van der Waals surface area contributed by atoms with E-state index in [4.69, 9.17) is 4.74 Å². The molecule has 4 rings (SSSR count). The number of hydrogen-bond donors (Lipinski definition) is 1. The molecule has 0 amide bonds. The smallest absolute Gasteiger partial charge is 0.331 e. The third kappa shape index (κ3) is 4.05. The Balaban J connectivity index is 1.47. The van der Waals surface area contributed by atoms with Gasteiger partial charge < -0.3 is 9.72 Å². The molecule has 0 saturated heterocycles. The molecule has 1 atom stereocenters. The number of nitrogens with zero attached hydrogens (tertiary/aromatic N) is 2. The Morgan fingerprint density at radius 2 is 1.77 bits per heavy atom. The van der Waals surface area contributed by atoms with E-state index in [1.807, 2.05) is 73.1 Å². The van der Waals surface area contributed by atoms with Crippen LogP contribution in [0.2, 0.25) is 0 Å². The molecule has 2 heterocycles. The zero-order valence-corrected chi connectivity index (χ0v) is 17.6. The lowest BCUT2D eigenvalue weighted by atomic mass is 10.1. The number of Topliss-reactive ketones (excluding diaryl/α,β-unsaturated/α-hetero) is 1. The molecule has 2 aromatic carbocycles. The fourth-order valence-corrected chi connectivity index (χ4v) is 3.63. The van der Waals surface area contributed by atoms with Crippen molar-refractivity contribution in [2.45, 2.75) is 26.9 Å². The summed E-state index contributed by atoms with van der Waals surface area (Å²) in [5.41, 5.74) is 4.88. The Labute approximate surface area is 180 Å². The minimum Gasteiger partial charge on any atom is -0.451 e. The third-order valence-electron chi connectivity index (χ3n) is 5.25. The largest absolute Gasteiger partial charge is 0.451 e. The summed E-state index contributed by atoms with van der Waals surface area (Å²) in [6.07, 6.45) is 3.77. The standard InChI is InChI=1S/C25H23N3O3/c1-16-20(17(2)28(27-16)19-9-5-4-6-10-19)13-14-24(29)31-18(3)25(30)22-15-26-23-12-8-7-11-21(22)23/h4-15,18,26H,1-3H3/b14-13+/t18-/m1/s1. The molecule has 0 radical (unpaired) electrons. The van der Waals surface area contributed by atoms with Gasteiger partial charge in [0.15, 0.2) is 6.10 Å². The summed E-state index contributed by atoms with van der Waals surface area (Å²) >= 11 is 0. The zero-order valence-electron chi connectivity index (χ0n) is 17.6. The number of rotatable bonds is 6. The van der Waals surface area contributed by atoms with Crippen molar-refractivity contribution in [1.29, 1.82) is 0 Å². The predicted molar refractivity (Wildman–Crippen MR) is 120 cm³/mol. The molecular weight excluding hydrogens is 390 g/mol. The van der Waals surface area contributed by atoms with Crippen molar-refractivity contribution >= 4 is 28.7 Å². The van der Waals surface area contributed by atoms with Gasteiger partial charge in [0.05, 0.1) is 11.4 Å². The SMILES string of the molecule is Cc1nn(-c2ccccc2)c(C)c1/C=C/C(=O)O[C@H](C)C(=O)c1c[nH]c2ccccc12. The molecule has 6 heteroatoms. The molecule has 0 bridgehead atoms. The van der Waals surface area contributed by atoms with Gasteiger partial charge in [-0.3, -0.25) is 4.79 Å². The number of hydrogen-bond acceptors (Lipinski definition) is 4. The first-order chi connectivity index (χ1) is 15.0. The minimum absolute atomic E-state index is 0.247. The van der Waals surface area contributed by atoms with Crippen LogP contribution in [0.3, 0.4) is 0 Å². The fraction of sp³-hybridized carbons (Fsp3) is 0.160. The Bertz CT molecular complexity index is 1280. The quantitative estimate of drug-likeness (QED) is 0.280. The fourth-order valence-electron chi connectivity index (χ4n) is 3.63. The second kappa shape index (κ2) is 8.44. The number of aromatic nitrogens is 3. The van der Waals surface area contributed by atoms with Crippen LogP contribution in [-0.4, -0.2) is 32.6 Å². The van der Waals surface area contributed by atoms with E-state index in [-0.39, 0.29) is 5.78 Å². The van der Waals surface area contributed by atoms with Gasteiger partial charge in [0.2, 0.25) is 5.78 Å². The number of fused-ring (bicyclic) bond motifs is 1. The van der Waals surface area contributed by atoms with E-state index in [0.29, 0.717) is 5.56 Å². The van der Waals surface area contributed by atoms with Crippen molar-refractivity contribution in [2.24, 2.45) is 0 Å². The highest BCUT2D eigenvalue weighted by atomic mass is 16.5. The maximum absolute atomic E-state index is 12.8. The van der Waals surface area contributed by atoms with Gasteiger partial charge in [-0.25, -0.2) is 9.48 Å². The number of aromatic amines is 1. The molecule has 0 unspecified atom stereocenters. The normalized spacial score (nSPS) is 12.4. The molecule has 6 nitrogen and oxygen atoms in total. The van der Waals surface area contributed by atoms with Gasteiger partial charge in [0.1, 0.15) is 0 Å². The number of H-pyrrole nitrogens is 1. The topological polar surface area (TPSA) is 77.0 Å². The molecule has 1 N–H and O–H groups in total. The van der Waals surface area contributed by atoms with E-state index in [1.165, 1.54) is 6.08 Å². The number of carbonyl (C=O) groups is 2. The summed E-state index contributed by atoms with van der Waals surface area (Å²) in [7, 11) is 0. The van der Waals surface area contributed by atoms with Crippen LogP contribution in [0.4, 0.5) is 0 Å². The van der Waals surface area contributed by atoms with Crippen molar-refractivity contribution in [3.8, 4) is 5.69 Å². The lowest BCUT2D eigenvalue weighted by molar-refractivity contribution is -0.140. The molecular formula is C25H23N3O3. The molecule has 0 spiro atoms. The van der Waals surface area contributed by atoms with Crippen LogP contribution < -0.4 is 0 Å². The van der Waals surface area contributed by atoms with Gasteiger partial charge in [0, 0.05) is 40.0 Å². The number of ether oxygens (including phenoxy) is 1. The molecule has 0 aliphatic carbocycles. The van der Waals surface area contributed by atoms with E-state index in [0.717, 1.165) is 33.5 Å². The highest BCUT2D eigenvalue weighted by Gasteiger charge is 2.21. The average molecular weight is 413 g/mol. The van der Waals surface area contributed by atoms with Crippen LogP contribution in [0.25, 0.3) is 22.7 Å². The molecule has 31 heavy (non-hydrogen) atoms. The van der Waals surface area contributed by atoms with Gasteiger partial charge >= 0.3 is 5.97 Å². The number of aryl methyl sites for hydroxylation is 1. The number of esters is 1. The molecule has 0 fully saturated rings. The molecule has 0 saturated carbocycles. The number of carbonyl (C=O) groups excluding carboxylic acids is 2. The number of para-hydroxylation sites is 2. The van der Waals surface area contributed by atoms with Gasteiger partial charge in [-0.15, -0.1) is 0 Å². The predicted octanol–water partition coefficient (Wildman–Crippen LogP) is 4.80. The molecule has 2 aromatic heterocycles. The van der Waals surface area contributed by atoms with Crippen LogP contribution in [0.1, 0.15) is 34.2 Å². The van der Waals surface area contributed by atoms with Crippen molar-refractivity contribution in [2.75, 3.05) is 0 Å². The van der Waals surface area contributed by atoms with Crippen molar-refractivity contribution in [3.63, 3.8) is 0 Å². The summed E-state index contributed by atoms with van der Waals surface area (Å²) in [6.45, 7) is 5.42. The van der Waals surface area contributed by atoms with Crippen molar-refractivity contribution in [3.05, 3.63) is 89.4 Å².